The molecule has 45 heavy (non-hydrogen) atoms. The molecule has 2 aliphatic heterocycles. The third kappa shape index (κ3) is 4.23. The number of nitrogens with one attached hydrogen (secondary N) is 1. The Morgan fingerprint density at radius 2 is 1.93 bits per heavy atom. The molecular weight excluding hydrogens is 576 g/mol. The lowest BCUT2D eigenvalue weighted by molar-refractivity contribution is -0.189. The summed E-state index contributed by atoms with van der Waals surface area (Å²) in [5, 5.41) is 7.13. The van der Waals surface area contributed by atoms with Crippen molar-refractivity contribution in [2.45, 2.75) is 88.0 Å². The summed E-state index contributed by atoms with van der Waals surface area (Å²) >= 11 is 0. The molecule has 8 rings (SSSR count). The number of hydrogen-bond donors (Lipinski definition) is 1. The number of Topliss-reactive ketones (excluding diaryl/α,β-unsaturated/α-hetero) is 1. The fraction of sp³-hybridized carbons (Fsp3) is 0.500. The first kappa shape index (κ1) is 28.2. The van der Waals surface area contributed by atoms with Crippen molar-refractivity contribution >= 4 is 17.8 Å². The van der Waals surface area contributed by atoms with Gasteiger partial charge in [0.2, 0.25) is 5.82 Å². The summed E-state index contributed by atoms with van der Waals surface area (Å²) in [5.74, 6) is 1.51. The van der Waals surface area contributed by atoms with E-state index in [-0.39, 0.29) is 24.1 Å². The number of carbonyl (C=O) groups excluding carboxylic acids is 3. The van der Waals surface area contributed by atoms with E-state index in [0.29, 0.717) is 42.5 Å². The number of hydrogen-bond acceptors (Lipinski definition) is 10. The zero-order valence-electron chi connectivity index (χ0n) is 25.6. The molecule has 3 aliphatic carbocycles. The predicted molar refractivity (Wildman–Crippen MR) is 160 cm³/mol. The molecule has 2 saturated carbocycles. The second-order valence-electron chi connectivity index (χ2n) is 13.7. The molecule has 1 saturated heterocycles. The number of ether oxygens (including phenoxy) is 3. The Bertz CT molecular complexity index is 1720. The van der Waals surface area contributed by atoms with Gasteiger partial charge in [0.1, 0.15) is 11.1 Å². The summed E-state index contributed by atoms with van der Waals surface area (Å²) in [6.07, 6.45) is 2.73. The molecule has 2 bridgehead atoms. The van der Waals surface area contributed by atoms with Crippen LogP contribution < -0.4 is 14.8 Å². The van der Waals surface area contributed by atoms with Gasteiger partial charge in [-0.15, -0.1) is 0 Å². The Labute approximate surface area is 260 Å². The van der Waals surface area contributed by atoms with E-state index in [0.717, 1.165) is 29.8 Å². The van der Waals surface area contributed by atoms with Crippen LogP contribution >= 0.6 is 0 Å². The molecule has 1 amide bonds. The van der Waals surface area contributed by atoms with Gasteiger partial charge in [-0.25, -0.2) is 4.79 Å². The topological polar surface area (TPSA) is 133 Å². The number of carbonyl (C=O) groups is 3. The maximum Gasteiger partial charge on any atom is 0.408 e. The number of piperidine rings is 1. The molecule has 4 atom stereocenters. The first-order valence-electron chi connectivity index (χ1n) is 15.8. The summed E-state index contributed by atoms with van der Waals surface area (Å²) in [4.78, 5) is 46.8. The average Bonchev–Trinajstić information content (AvgIpc) is 3.52. The highest BCUT2D eigenvalue weighted by molar-refractivity contribution is 5.90. The minimum absolute atomic E-state index is 0.0264. The SMILES string of the molecule is CC(=O)Oc1ccc2c3c1OC1C(=O)CC[C@@]4(OC(=O)NC(C)(C)c5nc(-c6ccccc6)no5)[C@@H](C2)N(CC2CC2)CC[C@]314. The first-order chi connectivity index (χ1) is 21.6. The molecule has 234 valence electrons. The molecule has 1 unspecified atom stereocenters. The van der Waals surface area contributed by atoms with E-state index in [1.165, 1.54) is 19.8 Å². The minimum atomic E-state index is -1.05. The Hall–Kier alpha value is -4.25. The van der Waals surface area contributed by atoms with Crippen LogP contribution in [0.3, 0.4) is 0 Å². The summed E-state index contributed by atoms with van der Waals surface area (Å²) in [6.45, 7) is 6.61. The van der Waals surface area contributed by atoms with Crippen LogP contribution in [-0.4, -0.2) is 63.7 Å². The van der Waals surface area contributed by atoms with Crippen molar-refractivity contribution in [2.75, 3.05) is 13.1 Å². The number of rotatable bonds is 7. The molecule has 2 aromatic carbocycles. The second kappa shape index (κ2) is 9.87. The van der Waals surface area contributed by atoms with E-state index in [4.69, 9.17) is 18.7 Å². The number of ketones is 1. The lowest BCUT2D eigenvalue weighted by Crippen LogP contribution is -2.78. The fourth-order valence-electron chi connectivity index (χ4n) is 8.35. The molecule has 1 N–H and O–H groups in total. The average molecular weight is 613 g/mol. The number of likely N-dealkylation sites (tertiary alicyclic amines) is 1. The Morgan fingerprint density at radius 3 is 2.69 bits per heavy atom. The van der Waals surface area contributed by atoms with Gasteiger partial charge in [0.25, 0.3) is 5.89 Å². The van der Waals surface area contributed by atoms with Crippen molar-refractivity contribution in [3.63, 3.8) is 0 Å². The number of benzene rings is 2. The van der Waals surface area contributed by atoms with E-state index in [9.17, 15) is 14.4 Å². The van der Waals surface area contributed by atoms with Crippen LogP contribution in [0.1, 0.15) is 69.9 Å². The van der Waals surface area contributed by atoms with E-state index in [2.05, 4.69) is 20.4 Å². The van der Waals surface area contributed by atoms with Crippen LogP contribution in [-0.2, 0) is 31.7 Å². The van der Waals surface area contributed by atoms with E-state index in [1.807, 2.05) is 36.4 Å². The highest BCUT2D eigenvalue weighted by Crippen LogP contribution is 2.66. The fourth-order valence-corrected chi connectivity index (χ4v) is 8.35. The Kier molecular flexibility index (Phi) is 6.20. The zero-order chi connectivity index (χ0) is 31.1. The molecule has 3 fully saturated rings. The van der Waals surface area contributed by atoms with Gasteiger partial charge in [0.15, 0.2) is 23.4 Å². The number of amides is 1. The zero-order valence-corrected chi connectivity index (χ0v) is 25.6. The van der Waals surface area contributed by atoms with Crippen molar-refractivity contribution in [1.29, 1.82) is 0 Å². The van der Waals surface area contributed by atoms with Gasteiger partial charge in [-0.3, -0.25) is 14.5 Å². The normalized spacial score (nSPS) is 28.2. The molecule has 5 aliphatic rings. The van der Waals surface area contributed by atoms with Gasteiger partial charge in [0.05, 0.1) is 11.5 Å². The van der Waals surface area contributed by atoms with Gasteiger partial charge < -0.3 is 24.1 Å². The summed E-state index contributed by atoms with van der Waals surface area (Å²) in [7, 11) is 0. The maximum absolute atomic E-state index is 14.1. The molecule has 11 nitrogen and oxygen atoms in total. The third-order valence-corrected chi connectivity index (χ3v) is 10.4. The van der Waals surface area contributed by atoms with E-state index < -0.39 is 34.7 Å². The third-order valence-electron chi connectivity index (χ3n) is 10.4. The molecule has 1 spiro atoms. The van der Waals surface area contributed by atoms with Crippen LogP contribution in [0.15, 0.2) is 47.0 Å². The van der Waals surface area contributed by atoms with Crippen LogP contribution in [0, 0.1) is 5.92 Å². The van der Waals surface area contributed by atoms with Crippen molar-refractivity contribution < 1.29 is 33.1 Å². The van der Waals surface area contributed by atoms with Crippen molar-refractivity contribution in [1.82, 2.24) is 20.4 Å². The lowest BCUT2D eigenvalue weighted by Gasteiger charge is -2.63. The molecule has 0 radical (unpaired) electrons. The highest BCUT2D eigenvalue weighted by Gasteiger charge is 2.75. The first-order valence-corrected chi connectivity index (χ1v) is 15.8. The predicted octanol–water partition coefficient (Wildman–Crippen LogP) is 4.46. The Balaban J connectivity index is 1.17. The molecule has 3 heterocycles. The largest absolute Gasteiger partial charge is 0.477 e. The summed E-state index contributed by atoms with van der Waals surface area (Å²) < 4.78 is 24.4. The minimum Gasteiger partial charge on any atom is -0.477 e. The van der Waals surface area contributed by atoms with Gasteiger partial charge in [0, 0.05) is 31.0 Å². The number of esters is 1. The molecule has 1 aromatic heterocycles. The maximum atomic E-state index is 14.1. The van der Waals surface area contributed by atoms with Crippen molar-refractivity contribution in [2.24, 2.45) is 5.92 Å². The van der Waals surface area contributed by atoms with Gasteiger partial charge in [-0.2, -0.15) is 4.98 Å². The van der Waals surface area contributed by atoms with Gasteiger partial charge >= 0.3 is 12.1 Å². The molecule has 11 heteroatoms. The summed E-state index contributed by atoms with van der Waals surface area (Å²) in [5.41, 5.74) is -0.309. The van der Waals surface area contributed by atoms with Gasteiger partial charge in [-0.05, 0) is 70.0 Å². The highest BCUT2D eigenvalue weighted by atomic mass is 16.6. The monoisotopic (exact) mass is 612 g/mol. The summed E-state index contributed by atoms with van der Waals surface area (Å²) in [6, 6.07) is 13.1. The lowest BCUT2D eigenvalue weighted by atomic mass is 9.48. The Morgan fingerprint density at radius 1 is 1.13 bits per heavy atom. The van der Waals surface area contributed by atoms with Crippen LogP contribution in [0.5, 0.6) is 11.5 Å². The number of nitrogens with zero attached hydrogens (tertiary/aromatic N) is 3. The van der Waals surface area contributed by atoms with Gasteiger partial charge in [-0.1, -0.05) is 41.6 Å². The van der Waals surface area contributed by atoms with E-state index in [1.54, 1.807) is 19.9 Å². The van der Waals surface area contributed by atoms with E-state index >= 15 is 0 Å². The molecular formula is C34H36N4O7. The van der Waals surface area contributed by atoms with Crippen molar-refractivity contribution in [3.8, 4) is 22.9 Å². The molecule has 3 aromatic rings. The van der Waals surface area contributed by atoms with Crippen LogP contribution in [0.4, 0.5) is 4.79 Å². The second-order valence-corrected chi connectivity index (χ2v) is 13.7. The number of aromatic nitrogens is 2. The standard InChI is InChI=1S/C34H36N4O7/c1-19(39)42-24-12-11-22-17-25-34(44-31(41)36-32(2,3)30-35-29(37-45-30)21-7-5-4-6-8-21)14-13-23(40)28-33(34,26(22)27(24)43-28)15-16-38(25)18-20-9-10-20/h4-8,11-12,20,25,28H,9-10,13-18H2,1-3H3,(H,36,41)/t25-,28?,33+,34-/m1/s1. The van der Waals surface area contributed by atoms with Crippen LogP contribution in [0.2, 0.25) is 0 Å². The van der Waals surface area contributed by atoms with Crippen LogP contribution in [0.25, 0.3) is 11.4 Å². The number of alkyl carbamates (subject to hydrolysis) is 1. The quantitative estimate of drug-likeness (QED) is 0.301. The smallest absolute Gasteiger partial charge is 0.408 e. The van der Waals surface area contributed by atoms with Crippen molar-refractivity contribution in [3.05, 3.63) is 59.5 Å².